The highest BCUT2D eigenvalue weighted by molar-refractivity contribution is 6.35. The quantitative estimate of drug-likeness (QED) is 0.613. The summed E-state index contributed by atoms with van der Waals surface area (Å²) in [5.41, 5.74) is -0.387. The van der Waals surface area contributed by atoms with Gasteiger partial charge >= 0.3 is 0 Å². The standard InChI is InChI=1S/C22H22Cl2O4/c1-12-6-8-14(27-17-9-7-13(23)10-16(17)24)11-15(12)18-19(25)21(2,3)28-22(4,5)20(18)26/h6-11,25H,1-5H3. The van der Waals surface area contributed by atoms with Crippen molar-refractivity contribution in [3.05, 3.63) is 63.3 Å². The predicted octanol–water partition coefficient (Wildman–Crippen LogP) is 6.52. The maximum Gasteiger partial charge on any atom is 0.198 e. The molecule has 0 saturated heterocycles. The lowest BCUT2D eigenvalue weighted by Crippen LogP contribution is -2.49. The van der Waals surface area contributed by atoms with E-state index in [4.69, 9.17) is 32.7 Å². The molecule has 1 aliphatic rings. The first-order valence-corrected chi connectivity index (χ1v) is 9.60. The van der Waals surface area contributed by atoms with Crippen molar-refractivity contribution < 1.29 is 19.4 Å². The second-order valence-electron chi connectivity index (χ2n) is 7.83. The van der Waals surface area contributed by atoms with Crippen molar-refractivity contribution in [2.45, 2.75) is 45.8 Å². The summed E-state index contributed by atoms with van der Waals surface area (Å²) in [4.78, 5) is 13.0. The monoisotopic (exact) mass is 420 g/mol. The normalized spacial score (nSPS) is 18.3. The Balaban J connectivity index is 2.10. The third-order valence-electron chi connectivity index (χ3n) is 4.69. The predicted molar refractivity (Wildman–Crippen MR) is 112 cm³/mol. The Morgan fingerprint density at radius 1 is 1.00 bits per heavy atom. The molecule has 2 aromatic carbocycles. The van der Waals surface area contributed by atoms with Gasteiger partial charge < -0.3 is 14.6 Å². The first-order chi connectivity index (χ1) is 12.9. The lowest BCUT2D eigenvalue weighted by Gasteiger charge is -2.40. The lowest BCUT2D eigenvalue weighted by atomic mass is 9.82. The van der Waals surface area contributed by atoms with Gasteiger partial charge in [0.05, 0.1) is 10.6 Å². The van der Waals surface area contributed by atoms with Crippen LogP contribution in [0.25, 0.3) is 5.57 Å². The first-order valence-electron chi connectivity index (χ1n) is 8.85. The highest BCUT2D eigenvalue weighted by Gasteiger charge is 2.47. The van der Waals surface area contributed by atoms with E-state index in [9.17, 15) is 9.90 Å². The molecular weight excluding hydrogens is 399 g/mol. The summed E-state index contributed by atoms with van der Waals surface area (Å²) in [6.45, 7) is 8.75. The third-order valence-corrected chi connectivity index (χ3v) is 5.22. The largest absolute Gasteiger partial charge is 0.508 e. The van der Waals surface area contributed by atoms with Gasteiger partial charge in [0.2, 0.25) is 0 Å². The number of rotatable bonds is 3. The van der Waals surface area contributed by atoms with E-state index in [1.165, 1.54) is 0 Å². The van der Waals surface area contributed by atoms with Crippen LogP contribution in [-0.4, -0.2) is 22.1 Å². The number of ether oxygens (including phenoxy) is 2. The highest BCUT2D eigenvalue weighted by Crippen LogP contribution is 2.42. The second-order valence-corrected chi connectivity index (χ2v) is 8.67. The number of carbonyl (C=O) groups is 1. The van der Waals surface area contributed by atoms with Gasteiger partial charge in [-0.2, -0.15) is 0 Å². The summed E-state index contributed by atoms with van der Waals surface area (Å²) >= 11 is 12.1. The van der Waals surface area contributed by atoms with E-state index in [-0.39, 0.29) is 17.1 Å². The highest BCUT2D eigenvalue weighted by atomic mass is 35.5. The minimum atomic E-state index is -1.06. The topological polar surface area (TPSA) is 55.8 Å². The maximum absolute atomic E-state index is 13.0. The van der Waals surface area contributed by atoms with Crippen LogP contribution in [0.3, 0.4) is 0 Å². The van der Waals surface area contributed by atoms with Crippen LogP contribution in [0.2, 0.25) is 10.0 Å². The fraction of sp³-hybridized carbons (Fsp3) is 0.318. The van der Waals surface area contributed by atoms with Crippen LogP contribution in [0.1, 0.15) is 38.8 Å². The van der Waals surface area contributed by atoms with Crippen LogP contribution >= 0.6 is 23.2 Å². The van der Waals surface area contributed by atoms with Crippen LogP contribution in [0, 0.1) is 6.92 Å². The molecule has 3 rings (SSSR count). The molecular formula is C22H22Cl2O4. The van der Waals surface area contributed by atoms with Crippen LogP contribution in [0.4, 0.5) is 0 Å². The molecule has 1 aliphatic heterocycles. The molecule has 0 unspecified atom stereocenters. The molecule has 1 heterocycles. The molecule has 1 N–H and O–H groups in total. The van der Waals surface area contributed by atoms with Gasteiger partial charge in [-0.05, 0) is 76.1 Å². The van der Waals surface area contributed by atoms with Gasteiger partial charge in [-0.1, -0.05) is 29.3 Å². The third kappa shape index (κ3) is 3.77. The zero-order chi connectivity index (χ0) is 20.9. The van der Waals surface area contributed by atoms with Crippen molar-refractivity contribution in [1.29, 1.82) is 0 Å². The average molecular weight is 421 g/mol. The Morgan fingerprint density at radius 2 is 1.68 bits per heavy atom. The Kier molecular flexibility index (Phi) is 5.26. The number of aliphatic hydroxyl groups excluding tert-OH is 1. The minimum Gasteiger partial charge on any atom is -0.508 e. The van der Waals surface area contributed by atoms with Gasteiger partial charge in [-0.25, -0.2) is 0 Å². The zero-order valence-corrected chi connectivity index (χ0v) is 17.9. The Labute approximate surface area is 174 Å². The van der Waals surface area contributed by atoms with E-state index >= 15 is 0 Å². The van der Waals surface area contributed by atoms with Gasteiger partial charge in [-0.3, -0.25) is 4.79 Å². The van der Waals surface area contributed by atoms with Crippen LogP contribution in [0.5, 0.6) is 11.5 Å². The van der Waals surface area contributed by atoms with E-state index in [1.54, 1.807) is 58.0 Å². The van der Waals surface area contributed by atoms with Gasteiger partial charge in [0, 0.05) is 5.02 Å². The molecule has 4 nitrogen and oxygen atoms in total. The molecule has 0 bridgehead atoms. The van der Waals surface area contributed by atoms with Crippen molar-refractivity contribution in [3.8, 4) is 11.5 Å². The summed E-state index contributed by atoms with van der Waals surface area (Å²) in [5.74, 6) is 0.550. The van der Waals surface area contributed by atoms with Gasteiger partial charge in [-0.15, -0.1) is 0 Å². The first kappa shape index (κ1) is 20.7. The molecule has 0 fully saturated rings. The van der Waals surface area contributed by atoms with E-state index in [0.717, 1.165) is 5.56 Å². The molecule has 2 aromatic rings. The second kappa shape index (κ2) is 7.11. The number of halogens is 2. The van der Waals surface area contributed by atoms with Crippen molar-refractivity contribution in [2.24, 2.45) is 0 Å². The Hall–Kier alpha value is -2.01. The summed E-state index contributed by atoms with van der Waals surface area (Å²) < 4.78 is 11.7. The number of ketones is 1. The fourth-order valence-corrected chi connectivity index (χ4v) is 3.76. The van der Waals surface area contributed by atoms with E-state index in [1.807, 2.05) is 13.0 Å². The molecule has 0 spiro atoms. The van der Waals surface area contributed by atoms with E-state index in [2.05, 4.69) is 0 Å². The lowest BCUT2D eigenvalue weighted by molar-refractivity contribution is -0.158. The fourth-order valence-electron chi connectivity index (χ4n) is 3.31. The summed E-state index contributed by atoms with van der Waals surface area (Å²) in [7, 11) is 0. The van der Waals surface area contributed by atoms with Crippen molar-refractivity contribution >= 4 is 34.6 Å². The van der Waals surface area contributed by atoms with Gasteiger partial charge in [0.15, 0.2) is 5.78 Å². The molecule has 148 valence electrons. The molecule has 28 heavy (non-hydrogen) atoms. The zero-order valence-electron chi connectivity index (χ0n) is 16.4. The maximum atomic E-state index is 13.0. The van der Waals surface area contributed by atoms with Gasteiger partial charge in [0.25, 0.3) is 0 Å². The van der Waals surface area contributed by atoms with Crippen molar-refractivity contribution in [2.75, 3.05) is 0 Å². The molecule has 0 amide bonds. The number of carbonyl (C=O) groups excluding carboxylic acids is 1. The summed E-state index contributed by atoms with van der Waals surface area (Å²) in [6, 6.07) is 10.3. The molecule has 6 heteroatoms. The van der Waals surface area contributed by atoms with Crippen molar-refractivity contribution in [1.82, 2.24) is 0 Å². The van der Waals surface area contributed by atoms with Crippen LogP contribution < -0.4 is 4.74 Å². The van der Waals surface area contributed by atoms with E-state index < -0.39 is 11.2 Å². The molecule has 0 aromatic heterocycles. The smallest absolute Gasteiger partial charge is 0.198 e. The number of Topliss-reactive ketones (excluding diaryl/α,β-unsaturated/α-hetero) is 1. The van der Waals surface area contributed by atoms with Crippen LogP contribution in [0.15, 0.2) is 42.2 Å². The molecule has 0 saturated carbocycles. The number of aryl methyl sites for hydroxylation is 1. The molecule has 0 atom stereocenters. The van der Waals surface area contributed by atoms with E-state index in [0.29, 0.717) is 27.1 Å². The molecule has 0 radical (unpaired) electrons. The summed E-state index contributed by atoms with van der Waals surface area (Å²) in [5, 5.41) is 11.7. The SMILES string of the molecule is Cc1ccc(Oc2ccc(Cl)cc2Cl)cc1C1=C(O)C(C)(C)OC(C)(C)C1=O. The number of aliphatic hydroxyl groups is 1. The number of hydrogen-bond donors (Lipinski definition) is 1. The molecule has 0 aliphatic carbocycles. The number of hydrogen-bond acceptors (Lipinski definition) is 4. The van der Waals surface area contributed by atoms with Gasteiger partial charge in [0.1, 0.15) is 28.5 Å². The summed E-state index contributed by atoms with van der Waals surface area (Å²) in [6.07, 6.45) is 0. The number of benzene rings is 2. The van der Waals surface area contributed by atoms with Crippen LogP contribution in [-0.2, 0) is 9.53 Å². The Morgan fingerprint density at radius 3 is 2.32 bits per heavy atom. The van der Waals surface area contributed by atoms with Crippen molar-refractivity contribution in [3.63, 3.8) is 0 Å². The minimum absolute atomic E-state index is 0.0957. The Bertz CT molecular complexity index is 990. The average Bonchev–Trinajstić information content (AvgIpc) is 2.58.